The minimum absolute atomic E-state index is 0.0167. The second-order valence-corrected chi connectivity index (χ2v) is 3.96. The van der Waals surface area contributed by atoms with E-state index >= 15 is 0 Å². The van der Waals surface area contributed by atoms with Crippen LogP contribution in [-0.4, -0.2) is 24.4 Å². The molecule has 0 radical (unpaired) electrons. The van der Waals surface area contributed by atoms with Crippen LogP contribution in [0.15, 0.2) is 18.2 Å². The van der Waals surface area contributed by atoms with Crippen molar-refractivity contribution in [3.05, 3.63) is 33.9 Å². The maximum atomic E-state index is 11.6. The van der Waals surface area contributed by atoms with Crippen LogP contribution in [-0.2, 0) is 4.79 Å². The molecule has 0 unspecified atom stereocenters. The minimum atomic E-state index is -0.452. The molecule has 1 amide bonds. The summed E-state index contributed by atoms with van der Waals surface area (Å²) in [6.07, 6.45) is 1.12. The average Bonchev–Trinajstić information content (AvgIpc) is 2.32. The fourth-order valence-corrected chi connectivity index (χ4v) is 1.60. The summed E-state index contributed by atoms with van der Waals surface area (Å²) in [7, 11) is 1.82. The fourth-order valence-electron chi connectivity index (χ4n) is 1.60. The lowest BCUT2D eigenvalue weighted by Crippen LogP contribution is -2.16. The summed E-state index contributed by atoms with van der Waals surface area (Å²) in [5, 5.41) is 16.4. The van der Waals surface area contributed by atoms with Gasteiger partial charge >= 0.3 is 0 Å². The first-order chi connectivity index (χ1) is 8.56. The highest BCUT2D eigenvalue weighted by atomic mass is 16.6. The van der Waals surface area contributed by atoms with E-state index in [-0.39, 0.29) is 11.6 Å². The van der Waals surface area contributed by atoms with Crippen molar-refractivity contribution in [2.75, 3.05) is 18.9 Å². The highest BCUT2D eigenvalue weighted by Gasteiger charge is 2.14. The second kappa shape index (κ2) is 6.70. The Bertz CT molecular complexity index is 446. The van der Waals surface area contributed by atoms with Crippen LogP contribution in [0.2, 0.25) is 0 Å². The maximum Gasteiger partial charge on any atom is 0.274 e. The normalized spacial score (nSPS) is 10.1. The summed E-state index contributed by atoms with van der Waals surface area (Å²) in [5.74, 6) is -0.131. The molecule has 6 heteroatoms. The quantitative estimate of drug-likeness (QED) is 0.459. The molecule has 0 atom stereocenters. The van der Waals surface area contributed by atoms with E-state index in [0.29, 0.717) is 17.7 Å². The molecule has 1 aromatic carbocycles. The molecule has 0 saturated carbocycles. The first-order valence-electron chi connectivity index (χ1n) is 5.74. The molecule has 0 fully saturated rings. The van der Waals surface area contributed by atoms with Gasteiger partial charge in [-0.15, -0.1) is 0 Å². The number of nitrogens with zero attached hydrogens (tertiary/aromatic N) is 1. The molecule has 0 spiro atoms. The Balaban J connectivity index is 2.70. The molecule has 0 aliphatic rings. The lowest BCUT2D eigenvalue weighted by molar-refractivity contribution is -0.385. The standard InChI is InChI=1S/C12H17N3O3/c1-9-10(5-3-6-11(9)15(17)18)14-12(16)7-4-8-13-2/h3,5-6,13H,4,7-8H2,1-2H3,(H,14,16). The van der Waals surface area contributed by atoms with E-state index in [1.807, 2.05) is 7.05 Å². The van der Waals surface area contributed by atoms with Crippen LogP contribution in [0.25, 0.3) is 0 Å². The highest BCUT2D eigenvalue weighted by Crippen LogP contribution is 2.25. The van der Waals surface area contributed by atoms with E-state index in [9.17, 15) is 14.9 Å². The van der Waals surface area contributed by atoms with E-state index < -0.39 is 4.92 Å². The van der Waals surface area contributed by atoms with Crippen molar-refractivity contribution in [3.63, 3.8) is 0 Å². The first kappa shape index (κ1) is 14.1. The predicted molar refractivity (Wildman–Crippen MR) is 69.6 cm³/mol. The molecule has 6 nitrogen and oxygen atoms in total. The lowest BCUT2D eigenvalue weighted by Gasteiger charge is -2.08. The lowest BCUT2D eigenvalue weighted by atomic mass is 10.1. The topological polar surface area (TPSA) is 84.3 Å². The zero-order chi connectivity index (χ0) is 13.5. The molecule has 1 aromatic rings. The summed E-state index contributed by atoms with van der Waals surface area (Å²) >= 11 is 0. The molecular weight excluding hydrogens is 234 g/mol. The second-order valence-electron chi connectivity index (χ2n) is 3.96. The van der Waals surface area contributed by atoms with E-state index in [1.54, 1.807) is 19.1 Å². The number of hydrogen-bond donors (Lipinski definition) is 2. The number of carbonyl (C=O) groups excluding carboxylic acids is 1. The summed E-state index contributed by atoms with van der Waals surface area (Å²) in [4.78, 5) is 21.9. The monoisotopic (exact) mass is 251 g/mol. The van der Waals surface area contributed by atoms with Crippen LogP contribution < -0.4 is 10.6 Å². The number of nitrogens with one attached hydrogen (secondary N) is 2. The molecule has 0 aromatic heterocycles. The van der Waals surface area contributed by atoms with Crippen LogP contribution >= 0.6 is 0 Å². The average molecular weight is 251 g/mol. The minimum Gasteiger partial charge on any atom is -0.326 e. The van der Waals surface area contributed by atoms with Crippen molar-refractivity contribution in [1.29, 1.82) is 0 Å². The van der Waals surface area contributed by atoms with Gasteiger partial charge in [0.1, 0.15) is 0 Å². The predicted octanol–water partition coefficient (Wildman–Crippen LogP) is 1.84. The molecule has 0 aliphatic heterocycles. The van der Waals surface area contributed by atoms with E-state index in [1.165, 1.54) is 6.07 Å². The van der Waals surface area contributed by atoms with E-state index in [0.717, 1.165) is 13.0 Å². The van der Waals surface area contributed by atoms with Crippen LogP contribution in [0.4, 0.5) is 11.4 Å². The Morgan fingerprint density at radius 2 is 2.17 bits per heavy atom. The fraction of sp³-hybridized carbons (Fsp3) is 0.417. The van der Waals surface area contributed by atoms with E-state index in [4.69, 9.17) is 0 Å². The van der Waals surface area contributed by atoms with Crippen molar-refractivity contribution in [2.45, 2.75) is 19.8 Å². The smallest absolute Gasteiger partial charge is 0.274 e. The maximum absolute atomic E-state index is 11.6. The van der Waals surface area contributed by atoms with Crippen molar-refractivity contribution < 1.29 is 9.72 Å². The SMILES string of the molecule is CNCCCC(=O)Nc1cccc([N+](=O)[O-])c1C. The van der Waals surface area contributed by atoms with Gasteiger partial charge in [-0.25, -0.2) is 0 Å². The number of benzene rings is 1. The van der Waals surface area contributed by atoms with Crippen LogP contribution in [0, 0.1) is 17.0 Å². The molecule has 1 rings (SSSR count). The molecule has 98 valence electrons. The Morgan fingerprint density at radius 3 is 2.78 bits per heavy atom. The van der Waals surface area contributed by atoms with Crippen molar-refractivity contribution >= 4 is 17.3 Å². The van der Waals surface area contributed by atoms with Gasteiger partial charge in [-0.05, 0) is 33.0 Å². The van der Waals surface area contributed by atoms with Gasteiger partial charge < -0.3 is 10.6 Å². The van der Waals surface area contributed by atoms with Gasteiger partial charge in [-0.2, -0.15) is 0 Å². The number of amides is 1. The van der Waals surface area contributed by atoms with Crippen LogP contribution in [0.1, 0.15) is 18.4 Å². The van der Waals surface area contributed by atoms with Crippen molar-refractivity contribution in [2.24, 2.45) is 0 Å². The molecule has 0 saturated heterocycles. The Kier molecular flexibility index (Phi) is 5.26. The Hall–Kier alpha value is -1.95. The number of nitro benzene ring substituents is 1. The summed E-state index contributed by atoms with van der Waals surface area (Å²) in [6.45, 7) is 2.39. The first-order valence-corrected chi connectivity index (χ1v) is 5.74. The number of nitro groups is 1. The van der Waals surface area contributed by atoms with Gasteiger partial charge in [-0.3, -0.25) is 14.9 Å². The Labute approximate surface area is 106 Å². The number of anilines is 1. The van der Waals surface area contributed by atoms with E-state index in [2.05, 4.69) is 10.6 Å². The molecule has 0 heterocycles. The van der Waals surface area contributed by atoms with Crippen molar-refractivity contribution in [1.82, 2.24) is 5.32 Å². The molecule has 0 aliphatic carbocycles. The van der Waals surface area contributed by atoms with Gasteiger partial charge in [0.2, 0.25) is 5.91 Å². The molecular formula is C12H17N3O3. The number of hydrogen-bond acceptors (Lipinski definition) is 4. The zero-order valence-electron chi connectivity index (χ0n) is 10.5. The van der Waals surface area contributed by atoms with Crippen molar-refractivity contribution in [3.8, 4) is 0 Å². The number of rotatable bonds is 6. The molecule has 0 bridgehead atoms. The van der Waals surface area contributed by atoms with Gasteiger partial charge in [0.05, 0.1) is 16.2 Å². The summed E-state index contributed by atoms with van der Waals surface area (Å²) < 4.78 is 0. The highest BCUT2D eigenvalue weighted by molar-refractivity contribution is 5.92. The largest absolute Gasteiger partial charge is 0.326 e. The zero-order valence-corrected chi connectivity index (χ0v) is 10.5. The number of carbonyl (C=O) groups is 1. The molecule has 18 heavy (non-hydrogen) atoms. The summed E-state index contributed by atoms with van der Waals surface area (Å²) in [5.41, 5.74) is 0.992. The van der Waals surface area contributed by atoms with Gasteiger partial charge in [0, 0.05) is 12.5 Å². The third-order valence-corrected chi connectivity index (χ3v) is 2.61. The Morgan fingerprint density at radius 1 is 1.44 bits per heavy atom. The molecule has 2 N–H and O–H groups in total. The van der Waals surface area contributed by atoms with Gasteiger partial charge in [0.25, 0.3) is 5.69 Å². The van der Waals surface area contributed by atoms with Gasteiger partial charge in [-0.1, -0.05) is 6.07 Å². The third-order valence-electron chi connectivity index (χ3n) is 2.61. The third kappa shape index (κ3) is 3.81. The van der Waals surface area contributed by atoms with Gasteiger partial charge in [0.15, 0.2) is 0 Å². The summed E-state index contributed by atoms with van der Waals surface area (Å²) in [6, 6.07) is 4.65. The van der Waals surface area contributed by atoms with Crippen LogP contribution in [0.3, 0.4) is 0 Å². The van der Waals surface area contributed by atoms with Crippen LogP contribution in [0.5, 0.6) is 0 Å².